The lowest BCUT2D eigenvalue weighted by Crippen LogP contribution is -2.30. The van der Waals surface area contributed by atoms with E-state index in [1.807, 2.05) is 0 Å². The predicted octanol–water partition coefficient (Wildman–Crippen LogP) is 0.828. The molecule has 0 bridgehead atoms. The molecule has 0 atom stereocenters. The van der Waals surface area contributed by atoms with Crippen LogP contribution in [-0.4, -0.2) is 39.3 Å². The van der Waals surface area contributed by atoms with E-state index in [9.17, 15) is 4.79 Å². The first-order chi connectivity index (χ1) is 9.24. The third-order valence-electron chi connectivity index (χ3n) is 3.69. The monoisotopic (exact) mass is 279 g/mol. The van der Waals surface area contributed by atoms with Gasteiger partial charge in [-0.2, -0.15) is 0 Å². The van der Waals surface area contributed by atoms with Gasteiger partial charge in [-0.25, -0.2) is 4.98 Å². The summed E-state index contributed by atoms with van der Waals surface area (Å²) in [6.07, 6.45) is 2.55. The van der Waals surface area contributed by atoms with Crippen molar-refractivity contribution in [3.05, 3.63) is 27.1 Å². The minimum absolute atomic E-state index is 0.0190. The van der Waals surface area contributed by atoms with Gasteiger partial charge in [-0.1, -0.05) is 6.92 Å². The SMILES string of the molecule is CCN1CCc2sc3ncn(CCO)c(=O)c3c2C1. The molecule has 19 heavy (non-hydrogen) atoms. The van der Waals surface area contributed by atoms with E-state index < -0.39 is 0 Å². The van der Waals surface area contributed by atoms with Crippen LogP contribution in [0.1, 0.15) is 17.4 Å². The summed E-state index contributed by atoms with van der Waals surface area (Å²) >= 11 is 1.64. The molecule has 3 rings (SSSR count). The molecule has 1 aliphatic rings. The van der Waals surface area contributed by atoms with Gasteiger partial charge in [-0.3, -0.25) is 14.3 Å². The van der Waals surface area contributed by atoms with Crippen LogP contribution in [0.5, 0.6) is 0 Å². The summed E-state index contributed by atoms with van der Waals surface area (Å²) in [5.74, 6) is 0. The lowest BCUT2D eigenvalue weighted by molar-refractivity contribution is 0.270. The smallest absolute Gasteiger partial charge is 0.262 e. The van der Waals surface area contributed by atoms with Crippen molar-refractivity contribution >= 4 is 21.6 Å². The highest BCUT2D eigenvalue weighted by Gasteiger charge is 2.23. The van der Waals surface area contributed by atoms with Crippen molar-refractivity contribution in [3.63, 3.8) is 0 Å². The van der Waals surface area contributed by atoms with Crippen LogP contribution < -0.4 is 5.56 Å². The second-order valence-corrected chi connectivity index (χ2v) is 5.85. The number of aliphatic hydroxyl groups is 1. The Kier molecular flexibility index (Phi) is 3.38. The zero-order chi connectivity index (χ0) is 13.4. The zero-order valence-corrected chi connectivity index (χ0v) is 11.7. The fourth-order valence-electron chi connectivity index (χ4n) is 2.60. The van der Waals surface area contributed by atoms with Crippen LogP contribution >= 0.6 is 11.3 Å². The summed E-state index contributed by atoms with van der Waals surface area (Å²) in [6, 6.07) is 0. The second kappa shape index (κ2) is 5.03. The van der Waals surface area contributed by atoms with Crippen LogP contribution in [0.25, 0.3) is 10.2 Å². The number of nitrogens with zero attached hydrogens (tertiary/aromatic N) is 3. The number of fused-ring (bicyclic) bond motifs is 3. The molecule has 0 saturated carbocycles. The van der Waals surface area contributed by atoms with Gasteiger partial charge in [0.1, 0.15) is 4.83 Å². The fraction of sp³-hybridized carbons (Fsp3) is 0.538. The van der Waals surface area contributed by atoms with E-state index in [0.717, 1.165) is 41.8 Å². The molecule has 0 aromatic carbocycles. The predicted molar refractivity (Wildman–Crippen MR) is 75.6 cm³/mol. The van der Waals surface area contributed by atoms with E-state index in [4.69, 9.17) is 5.11 Å². The summed E-state index contributed by atoms with van der Waals surface area (Å²) in [6.45, 7) is 5.31. The van der Waals surface area contributed by atoms with Crippen molar-refractivity contribution < 1.29 is 5.11 Å². The molecule has 0 amide bonds. The van der Waals surface area contributed by atoms with Crippen molar-refractivity contribution in [2.45, 2.75) is 26.4 Å². The Balaban J connectivity index is 2.17. The van der Waals surface area contributed by atoms with E-state index in [0.29, 0.717) is 6.54 Å². The highest BCUT2D eigenvalue weighted by molar-refractivity contribution is 7.18. The number of thiophene rings is 1. The molecular weight excluding hydrogens is 262 g/mol. The molecule has 3 heterocycles. The van der Waals surface area contributed by atoms with Crippen molar-refractivity contribution in [2.75, 3.05) is 19.7 Å². The Bertz CT molecular complexity index is 662. The molecule has 1 N–H and O–H groups in total. The molecular formula is C13H17N3O2S. The van der Waals surface area contributed by atoms with Crippen molar-refractivity contribution in [1.82, 2.24) is 14.5 Å². The summed E-state index contributed by atoms with van der Waals surface area (Å²) < 4.78 is 1.50. The van der Waals surface area contributed by atoms with E-state index in [-0.39, 0.29) is 12.2 Å². The molecule has 5 nitrogen and oxygen atoms in total. The normalized spacial score (nSPS) is 15.9. The second-order valence-electron chi connectivity index (χ2n) is 4.77. The Morgan fingerprint density at radius 3 is 3.11 bits per heavy atom. The van der Waals surface area contributed by atoms with Crippen LogP contribution in [0.4, 0.5) is 0 Å². The Morgan fingerprint density at radius 1 is 1.53 bits per heavy atom. The Morgan fingerprint density at radius 2 is 2.37 bits per heavy atom. The average Bonchev–Trinajstić information content (AvgIpc) is 2.80. The molecule has 0 aliphatic carbocycles. The van der Waals surface area contributed by atoms with Gasteiger partial charge >= 0.3 is 0 Å². The number of hydrogen-bond acceptors (Lipinski definition) is 5. The maximum atomic E-state index is 12.4. The van der Waals surface area contributed by atoms with Crippen molar-refractivity contribution in [2.24, 2.45) is 0 Å². The lowest BCUT2D eigenvalue weighted by atomic mass is 10.1. The first-order valence-electron chi connectivity index (χ1n) is 6.57. The van der Waals surface area contributed by atoms with Gasteiger partial charge in [0, 0.05) is 18.0 Å². The summed E-state index contributed by atoms with van der Waals surface area (Å²) in [7, 11) is 0. The van der Waals surface area contributed by atoms with Gasteiger partial charge in [-0.15, -0.1) is 11.3 Å². The van der Waals surface area contributed by atoms with Crippen LogP contribution in [0.3, 0.4) is 0 Å². The van der Waals surface area contributed by atoms with E-state index in [2.05, 4.69) is 16.8 Å². The molecule has 0 fully saturated rings. The largest absolute Gasteiger partial charge is 0.395 e. The molecule has 2 aromatic rings. The summed E-state index contributed by atoms with van der Waals surface area (Å²) in [5, 5.41) is 9.75. The molecule has 1 aliphatic heterocycles. The van der Waals surface area contributed by atoms with Gasteiger partial charge in [0.15, 0.2) is 0 Å². The minimum atomic E-state index is -0.0412. The zero-order valence-electron chi connectivity index (χ0n) is 10.9. The highest BCUT2D eigenvalue weighted by atomic mass is 32.1. The summed E-state index contributed by atoms with van der Waals surface area (Å²) in [5.41, 5.74) is 1.13. The standard InChI is InChI=1S/C13H17N3O2S/c1-2-15-4-3-10-9(7-15)11-12(19-10)14-8-16(5-6-17)13(11)18/h8,17H,2-7H2,1H3. The van der Waals surface area contributed by atoms with Crippen LogP contribution in [0.15, 0.2) is 11.1 Å². The lowest BCUT2D eigenvalue weighted by Gasteiger charge is -2.25. The Labute approximate surface area is 115 Å². The van der Waals surface area contributed by atoms with Crippen molar-refractivity contribution in [3.8, 4) is 0 Å². The number of aliphatic hydroxyl groups excluding tert-OH is 1. The molecule has 0 unspecified atom stereocenters. The molecule has 0 saturated heterocycles. The average molecular weight is 279 g/mol. The minimum Gasteiger partial charge on any atom is -0.395 e. The fourth-order valence-corrected chi connectivity index (χ4v) is 3.72. The maximum absolute atomic E-state index is 12.4. The Hall–Kier alpha value is -1.24. The number of hydrogen-bond donors (Lipinski definition) is 1. The third kappa shape index (κ3) is 2.09. The number of aromatic nitrogens is 2. The summed E-state index contributed by atoms with van der Waals surface area (Å²) in [4.78, 5) is 21.3. The molecule has 0 spiro atoms. The maximum Gasteiger partial charge on any atom is 0.262 e. The quantitative estimate of drug-likeness (QED) is 0.904. The first kappa shape index (κ1) is 12.8. The van der Waals surface area contributed by atoms with Gasteiger partial charge < -0.3 is 5.11 Å². The van der Waals surface area contributed by atoms with Gasteiger partial charge in [0.05, 0.1) is 24.9 Å². The number of rotatable bonds is 3. The van der Waals surface area contributed by atoms with Crippen LogP contribution in [-0.2, 0) is 19.5 Å². The molecule has 102 valence electrons. The first-order valence-corrected chi connectivity index (χ1v) is 7.39. The van der Waals surface area contributed by atoms with Gasteiger partial charge in [0.25, 0.3) is 5.56 Å². The third-order valence-corrected chi connectivity index (χ3v) is 4.89. The van der Waals surface area contributed by atoms with E-state index in [1.165, 1.54) is 9.44 Å². The number of likely N-dealkylation sites (N-methyl/N-ethyl adjacent to an activating group) is 1. The molecule has 2 aromatic heterocycles. The van der Waals surface area contributed by atoms with Crippen LogP contribution in [0, 0.1) is 0 Å². The molecule has 0 radical (unpaired) electrons. The highest BCUT2D eigenvalue weighted by Crippen LogP contribution is 2.31. The molecule has 6 heteroatoms. The van der Waals surface area contributed by atoms with E-state index in [1.54, 1.807) is 17.7 Å². The van der Waals surface area contributed by atoms with Gasteiger partial charge in [0.2, 0.25) is 0 Å². The topological polar surface area (TPSA) is 58.4 Å². The van der Waals surface area contributed by atoms with Crippen LogP contribution in [0.2, 0.25) is 0 Å². The van der Waals surface area contributed by atoms with Gasteiger partial charge in [-0.05, 0) is 18.5 Å². The van der Waals surface area contributed by atoms with E-state index >= 15 is 0 Å². The van der Waals surface area contributed by atoms with Crippen molar-refractivity contribution in [1.29, 1.82) is 0 Å².